The summed E-state index contributed by atoms with van der Waals surface area (Å²) in [6.07, 6.45) is 7.77. The van der Waals surface area contributed by atoms with E-state index in [1.165, 1.54) is 11.3 Å². The van der Waals surface area contributed by atoms with Crippen molar-refractivity contribution in [2.45, 2.75) is 71.7 Å². The predicted molar refractivity (Wildman–Crippen MR) is 171 cm³/mol. The number of likely N-dealkylation sites (N-methyl/N-ethyl adjacent to an activating group) is 1. The number of aliphatic imine (C=N–C) groups is 1. The Morgan fingerprint density at radius 2 is 1.98 bits per heavy atom. The van der Waals surface area contributed by atoms with Crippen molar-refractivity contribution >= 4 is 34.1 Å². The highest BCUT2D eigenvalue weighted by molar-refractivity contribution is 6.08. The van der Waals surface area contributed by atoms with Crippen molar-refractivity contribution in [2.75, 3.05) is 43.4 Å². The van der Waals surface area contributed by atoms with Crippen LogP contribution in [0.25, 0.3) is 11.0 Å². The van der Waals surface area contributed by atoms with Gasteiger partial charge in [0.05, 0.1) is 12.3 Å². The summed E-state index contributed by atoms with van der Waals surface area (Å²) in [6, 6.07) is 6.31. The molecular formula is C32H44N8O2. The van der Waals surface area contributed by atoms with Crippen LogP contribution in [0.5, 0.6) is 0 Å². The first-order valence-corrected chi connectivity index (χ1v) is 15.2. The molecule has 1 aromatic carbocycles. The molecule has 3 aliphatic rings. The van der Waals surface area contributed by atoms with Crippen LogP contribution in [-0.2, 0) is 6.54 Å². The van der Waals surface area contributed by atoms with Gasteiger partial charge in [0.1, 0.15) is 17.2 Å². The zero-order chi connectivity index (χ0) is 30.0. The number of anilines is 3. The van der Waals surface area contributed by atoms with Gasteiger partial charge in [-0.2, -0.15) is 4.98 Å². The Morgan fingerprint density at radius 1 is 1.21 bits per heavy atom. The molecule has 0 radical (unpaired) electrons. The van der Waals surface area contributed by atoms with Crippen LogP contribution >= 0.6 is 0 Å². The van der Waals surface area contributed by atoms with E-state index < -0.39 is 11.8 Å². The summed E-state index contributed by atoms with van der Waals surface area (Å²) >= 11 is 0. The van der Waals surface area contributed by atoms with Crippen LogP contribution in [0.2, 0.25) is 0 Å². The van der Waals surface area contributed by atoms with Gasteiger partial charge in [-0.05, 0) is 62.6 Å². The summed E-state index contributed by atoms with van der Waals surface area (Å²) in [5.41, 5.74) is 4.58. The number of nitrogens with zero attached hydrogens (tertiary/aromatic N) is 7. The number of hydrogen-bond acceptors (Lipinski definition) is 8. The van der Waals surface area contributed by atoms with Crippen LogP contribution in [-0.4, -0.2) is 73.9 Å². The van der Waals surface area contributed by atoms with Crippen molar-refractivity contribution in [3.63, 3.8) is 0 Å². The first kappa shape index (κ1) is 29.7. The highest BCUT2D eigenvalue weighted by Crippen LogP contribution is 2.39. The van der Waals surface area contributed by atoms with Crippen LogP contribution in [0.4, 0.5) is 17.3 Å². The van der Waals surface area contributed by atoms with Gasteiger partial charge >= 0.3 is 0 Å². The quantitative estimate of drug-likeness (QED) is 0.392. The lowest BCUT2D eigenvalue weighted by Gasteiger charge is -2.35. The number of fused-ring (bicyclic) bond motifs is 2. The van der Waals surface area contributed by atoms with Crippen molar-refractivity contribution in [3.8, 4) is 0 Å². The fourth-order valence-corrected chi connectivity index (χ4v) is 6.20. The summed E-state index contributed by atoms with van der Waals surface area (Å²) in [6.45, 7) is 16.4. The second-order valence-corrected chi connectivity index (χ2v) is 11.2. The van der Waals surface area contributed by atoms with Crippen LogP contribution in [0, 0.1) is 6.92 Å². The summed E-state index contributed by atoms with van der Waals surface area (Å²) in [7, 11) is 2.16. The van der Waals surface area contributed by atoms with Gasteiger partial charge in [0.25, 0.3) is 5.56 Å². The fraction of sp³-hybridized carbons (Fsp3) is 0.500. The molecule has 42 heavy (non-hydrogen) atoms. The number of dihydropyridines is 1. The molecule has 2 fully saturated rings. The zero-order valence-corrected chi connectivity index (χ0v) is 25.6. The molecule has 2 aliphatic heterocycles. The van der Waals surface area contributed by atoms with Gasteiger partial charge in [-0.25, -0.2) is 14.3 Å². The largest absolute Gasteiger partial charge is 0.384 e. The SMILES string of the molecule is C=CCn1c(=O)c2cnc(Nc3ccc(N4CCN(C)CC4)c(C)c3)nc2n1C1CC=C2CCC(O)(CC)C2=N1.CC. The summed E-state index contributed by atoms with van der Waals surface area (Å²) < 4.78 is 3.47. The normalized spacial score (nSPS) is 22.2. The van der Waals surface area contributed by atoms with E-state index >= 15 is 0 Å². The summed E-state index contributed by atoms with van der Waals surface area (Å²) in [5, 5.41) is 15.0. The van der Waals surface area contributed by atoms with Gasteiger partial charge in [-0.1, -0.05) is 32.9 Å². The van der Waals surface area contributed by atoms with Crippen LogP contribution < -0.4 is 15.8 Å². The molecule has 1 aliphatic carbocycles. The second kappa shape index (κ2) is 12.2. The number of benzene rings is 1. The van der Waals surface area contributed by atoms with Crippen LogP contribution in [0.3, 0.4) is 0 Å². The number of nitrogens with one attached hydrogen (secondary N) is 1. The maximum atomic E-state index is 13.4. The molecule has 224 valence electrons. The smallest absolute Gasteiger partial charge is 0.278 e. The van der Waals surface area contributed by atoms with E-state index in [1.807, 2.05) is 25.5 Å². The van der Waals surface area contributed by atoms with Crippen molar-refractivity contribution in [2.24, 2.45) is 4.99 Å². The molecule has 2 unspecified atom stereocenters. The van der Waals surface area contributed by atoms with Gasteiger partial charge < -0.3 is 20.2 Å². The lowest BCUT2D eigenvalue weighted by atomic mass is 9.95. The standard InChI is InChI=1S/C30H38N8O2.C2H6/c1-5-13-37-28(39)23-19-31-29(32-22-8-9-24(20(3)18-22)36-16-14-35(4)15-17-36)34-27(23)38(37)25-10-7-21-11-12-30(40,6-2)26(21)33-25;1-2/h5,7-9,18-19,25,40H,1,6,10-17H2,2-4H3,(H,31,32,34);1-2H3. The number of piperazine rings is 1. The molecule has 2 N–H and O–H groups in total. The molecule has 10 nitrogen and oxygen atoms in total. The predicted octanol–water partition coefficient (Wildman–Crippen LogP) is 4.81. The molecule has 0 spiro atoms. The van der Waals surface area contributed by atoms with E-state index in [2.05, 4.69) is 64.9 Å². The molecule has 2 aromatic heterocycles. The molecular weight excluding hydrogens is 528 g/mol. The minimum Gasteiger partial charge on any atom is -0.384 e. The van der Waals surface area contributed by atoms with Crippen molar-refractivity contribution in [3.05, 3.63) is 64.6 Å². The van der Waals surface area contributed by atoms with Crippen molar-refractivity contribution < 1.29 is 5.11 Å². The third-order valence-corrected chi connectivity index (χ3v) is 8.58. The first-order valence-electron chi connectivity index (χ1n) is 15.2. The van der Waals surface area contributed by atoms with Crippen molar-refractivity contribution in [1.82, 2.24) is 24.2 Å². The minimum absolute atomic E-state index is 0.180. The monoisotopic (exact) mass is 572 g/mol. The molecule has 3 aromatic rings. The Bertz CT molecular complexity index is 1580. The maximum absolute atomic E-state index is 13.4. The van der Waals surface area contributed by atoms with E-state index in [4.69, 9.17) is 9.98 Å². The number of aromatic nitrogens is 4. The number of rotatable bonds is 7. The molecule has 0 bridgehead atoms. The summed E-state index contributed by atoms with van der Waals surface area (Å²) in [4.78, 5) is 32.5. The molecule has 1 saturated carbocycles. The Hall–Kier alpha value is -3.76. The van der Waals surface area contributed by atoms with Gasteiger partial charge in [0.15, 0.2) is 5.65 Å². The Morgan fingerprint density at radius 3 is 2.67 bits per heavy atom. The molecule has 6 rings (SSSR count). The van der Waals surface area contributed by atoms with E-state index in [-0.39, 0.29) is 5.56 Å². The fourth-order valence-electron chi connectivity index (χ4n) is 6.20. The molecule has 1 saturated heterocycles. The second-order valence-electron chi connectivity index (χ2n) is 11.2. The van der Waals surface area contributed by atoms with Crippen molar-refractivity contribution in [1.29, 1.82) is 0 Å². The molecule has 4 heterocycles. The average Bonchev–Trinajstić information content (AvgIpc) is 3.48. The maximum Gasteiger partial charge on any atom is 0.278 e. The molecule has 2 atom stereocenters. The molecule has 10 heteroatoms. The number of aryl methyl sites for hydroxylation is 1. The van der Waals surface area contributed by atoms with E-state index in [9.17, 15) is 9.90 Å². The van der Waals surface area contributed by atoms with E-state index in [1.54, 1.807) is 17.0 Å². The number of aliphatic hydroxyl groups is 1. The Kier molecular flexibility index (Phi) is 8.65. The van der Waals surface area contributed by atoms with Gasteiger partial charge in [-0.3, -0.25) is 9.79 Å². The lowest BCUT2D eigenvalue weighted by Crippen LogP contribution is -2.44. The zero-order valence-electron chi connectivity index (χ0n) is 25.6. The van der Waals surface area contributed by atoms with Gasteiger partial charge in [0.2, 0.25) is 5.95 Å². The number of allylic oxidation sites excluding steroid dienone is 1. The Balaban J connectivity index is 0.00000173. The first-order chi connectivity index (χ1) is 20.3. The summed E-state index contributed by atoms with van der Waals surface area (Å²) in [5.74, 6) is 0.411. The average molecular weight is 573 g/mol. The lowest BCUT2D eigenvalue weighted by molar-refractivity contribution is 0.108. The van der Waals surface area contributed by atoms with Crippen LogP contribution in [0.1, 0.15) is 58.2 Å². The van der Waals surface area contributed by atoms with Crippen LogP contribution in [0.15, 0.2) is 58.5 Å². The highest BCUT2D eigenvalue weighted by atomic mass is 16.3. The third-order valence-electron chi connectivity index (χ3n) is 8.58. The molecule has 0 amide bonds. The van der Waals surface area contributed by atoms with Gasteiger partial charge in [-0.15, -0.1) is 6.58 Å². The van der Waals surface area contributed by atoms with Gasteiger partial charge in [0, 0.05) is 50.2 Å². The minimum atomic E-state index is -0.924. The van der Waals surface area contributed by atoms with E-state index in [0.29, 0.717) is 42.8 Å². The number of hydrogen-bond donors (Lipinski definition) is 2. The van der Waals surface area contributed by atoms with E-state index in [0.717, 1.165) is 49.6 Å². The third kappa shape index (κ3) is 5.41. The highest BCUT2D eigenvalue weighted by Gasteiger charge is 2.41. The Labute approximate surface area is 248 Å². The topological polar surface area (TPSA) is 104 Å².